The summed E-state index contributed by atoms with van der Waals surface area (Å²) < 4.78 is 5.24. The number of halogens is 1. The summed E-state index contributed by atoms with van der Waals surface area (Å²) in [5.74, 6) is 0.778. The molecule has 1 heterocycles. The SMILES string of the molecule is CCCCNC(=O)Nc1nc(-c2ccc(OC)cc2)c(-c2ccc(Cl)cc2)s1. The second-order valence-electron chi connectivity index (χ2n) is 6.17. The van der Waals surface area contributed by atoms with Crippen molar-refractivity contribution >= 4 is 34.1 Å². The van der Waals surface area contributed by atoms with Crippen molar-refractivity contribution < 1.29 is 9.53 Å². The van der Waals surface area contributed by atoms with E-state index in [0.717, 1.165) is 40.3 Å². The Hall–Kier alpha value is -2.57. The number of nitrogens with one attached hydrogen (secondary N) is 2. The first-order valence-electron chi connectivity index (χ1n) is 9.06. The number of aromatic nitrogens is 1. The van der Waals surface area contributed by atoms with Crippen molar-refractivity contribution in [2.24, 2.45) is 0 Å². The van der Waals surface area contributed by atoms with E-state index in [2.05, 4.69) is 22.5 Å². The second-order valence-corrected chi connectivity index (χ2v) is 7.60. The fourth-order valence-corrected chi connectivity index (χ4v) is 3.75. The van der Waals surface area contributed by atoms with Crippen LogP contribution in [-0.2, 0) is 0 Å². The molecule has 5 nitrogen and oxygen atoms in total. The predicted molar refractivity (Wildman–Crippen MR) is 116 cm³/mol. The van der Waals surface area contributed by atoms with E-state index in [1.807, 2.05) is 48.5 Å². The molecule has 7 heteroatoms. The number of ether oxygens (including phenoxy) is 1. The van der Waals surface area contributed by atoms with Gasteiger partial charge >= 0.3 is 6.03 Å². The summed E-state index contributed by atoms with van der Waals surface area (Å²) in [6.07, 6.45) is 1.97. The molecule has 2 N–H and O–H groups in total. The third-order valence-electron chi connectivity index (χ3n) is 4.13. The van der Waals surface area contributed by atoms with Gasteiger partial charge in [0.2, 0.25) is 0 Å². The standard InChI is InChI=1S/C21H22ClN3O2S/c1-3-4-13-23-20(26)25-21-24-18(14-7-11-17(27-2)12-8-14)19(28-21)15-5-9-16(22)10-6-15/h5-12H,3-4,13H2,1-2H3,(H2,23,24,25,26). The normalized spacial score (nSPS) is 10.5. The molecular formula is C21H22ClN3O2S. The van der Waals surface area contributed by atoms with Crippen LogP contribution >= 0.6 is 22.9 Å². The highest BCUT2D eigenvalue weighted by Crippen LogP contribution is 2.39. The first kappa shape index (κ1) is 20.2. The summed E-state index contributed by atoms with van der Waals surface area (Å²) in [4.78, 5) is 17.8. The summed E-state index contributed by atoms with van der Waals surface area (Å²) in [7, 11) is 1.64. The van der Waals surface area contributed by atoms with E-state index >= 15 is 0 Å². The monoisotopic (exact) mass is 415 g/mol. The van der Waals surface area contributed by atoms with Gasteiger partial charge in [0, 0.05) is 17.1 Å². The van der Waals surface area contributed by atoms with Crippen LogP contribution in [0.3, 0.4) is 0 Å². The molecule has 0 spiro atoms. The van der Waals surface area contributed by atoms with Crippen LogP contribution in [0.15, 0.2) is 48.5 Å². The molecule has 0 fully saturated rings. The quantitative estimate of drug-likeness (QED) is 0.461. The number of thiazole rings is 1. The Balaban J connectivity index is 1.92. The molecule has 0 unspecified atom stereocenters. The Kier molecular flexibility index (Phi) is 6.90. The smallest absolute Gasteiger partial charge is 0.321 e. The number of hydrogen-bond acceptors (Lipinski definition) is 4. The number of urea groups is 1. The Morgan fingerprint density at radius 3 is 2.43 bits per heavy atom. The van der Waals surface area contributed by atoms with Crippen LogP contribution in [0.25, 0.3) is 21.7 Å². The van der Waals surface area contributed by atoms with Gasteiger partial charge in [0.1, 0.15) is 5.75 Å². The number of hydrogen-bond donors (Lipinski definition) is 2. The molecule has 0 saturated heterocycles. The minimum Gasteiger partial charge on any atom is -0.497 e. The molecule has 146 valence electrons. The van der Waals surface area contributed by atoms with Crippen molar-refractivity contribution in [3.05, 3.63) is 53.6 Å². The molecule has 0 atom stereocenters. The van der Waals surface area contributed by atoms with Gasteiger partial charge in [-0.05, 0) is 48.4 Å². The summed E-state index contributed by atoms with van der Waals surface area (Å²) in [5.41, 5.74) is 2.74. The van der Waals surface area contributed by atoms with E-state index < -0.39 is 0 Å². The first-order valence-corrected chi connectivity index (χ1v) is 10.3. The maximum Gasteiger partial charge on any atom is 0.321 e. The number of carbonyl (C=O) groups excluding carboxylic acids is 1. The topological polar surface area (TPSA) is 63.2 Å². The van der Waals surface area contributed by atoms with Crippen LogP contribution in [0.2, 0.25) is 5.02 Å². The number of unbranched alkanes of at least 4 members (excludes halogenated alkanes) is 1. The van der Waals surface area contributed by atoms with Crippen molar-refractivity contribution in [3.63, 3.8) is 0 Å². The molecule has 3 rings (SSSR count). The van der Waals surface area contributed by atoms with Crippen LogP contribution in [0.1, 0.15) is 19.8 Å². The van der Waals surface area contributed by atoms with Crippen molar-refractivity contribution in [3.8, 4) is 27.4 Å². The van der Waals surface area contributed by atoms with Gasteiger partial charge in [-0.1, -0.05) is 48.4 Å². The van der Waals surface area contributed by atoms with E-state index in [1.165, 1.54) is 11.3 Å². The van der Waals surface area contributed by atoms with Gasteiger partial charge in [0.15, 0.2) is 5.13 Å². The molecule has 2 aromatic carbocycles. The summed E-state index contributed by atoms with van der Waals surface area (Å²) in [6.45, 7) is 2.73. The molecule has 3 aromatic rings. The van der Waals surface area contributed by atoms with Crippen molar-refractivity contribution in [1.29, 1.82) is 0 Å². The van der Waals surface area contributed by atoms with Gasteiger partial charge in [0.05, 0.1) is 17.7 Å². The number of methoxy groups -OCH3 is 1. The Morgan fingerprint density at radius 1 is 1.11 bits per heavy atom. The van der Waals surface area contributed by atoms with Gasteiger partial charge in [-0.25, -0.2) is 9.78 Å². The third-order valence-corrected chi connectivity index (χ3v) is 5.41. The average Bonchev–Trinajstić information content (AvgIpc) is 3.12. The summed E-state index contributed by atoms with van der Waals surface area (Å²) in [5, 5.41) is 6.91. The lowest BCUT2D eigenvalue weighted by molar-refractivity contribution is 0.252. The molecular weight excluding hydrogens is 394 g/mol. The zero-order chi connectivity index (χ0) is 19.9. The highest BCUT2D eigenvalue weighted by Gasteiger charge is 2.16. The predicted octanol–water partition coefficient (Wildman–Crippen LogP) is 6.06. The largest absolute Gasteiger partial charge is 0.497 e. The fourth-order valence-electron chi connectivity index (χ4n) is 2.64. The zero-order valence-corrected chi connectivity index (χ0v) is 17.4. The zero-order valence-electron chi connectivity index (χ0n) is 15.8. The van der Waals surface area contributed by atoms with Crippen LogP contribution in [-0.4, -0.2) is 24.7 Å². The molecule has 0 aliphatic rings. The van der Waals surface area contributed by atoms with Crippen LogP contribution in [0.4, 0.5) is 9.93 Å². The second kappa shape index (κ2) is 9.57. The van der Waals surface area contributed by atoms with Gasteiger partial charge < -0.3 is 10.1 Å². The molecule has 1 aromatic heterocycles. The maximum absolute atomic E-state index is 12.1. The van der Waals surface area contributed by atoms with E-state index in [0.29, 0.717) is 16.7 Å². The summed E-state index contributed by atoms with van der Waals surface area (Å²) in [6, 6.07) is 15.1. The van der Waals surface area contributed by atoms with E-state index in [9.17, 15) is 4.79 Å². The van der Waals surface area contributed by atoms with Gasteiger partial charge in [-0.15, -0.1) is 0 Å². The third kappa shape index (κ3) is 5.03. The minimum atomic E-state index is -0.244. The number of anilines is 1. The number of benzene rings is 2. The molecule has 0 saturated carbocycles. The van der Waals surface area contributed by atoms with Gasteiger partial charge in [0.25, 0.3) is 0 Å². The lowest BCUT2D eigenvalue weighted by Crippen LogP contribution is -2.29. The van der Waals surface area contributed by atoms with Crippen LogP contribution < -0.4 is 15.4 Å². The lowest BCUT2D eigenvalue weighted by Gasteiger charge is -2.04. The Morgan fingerprint density at radius 2 is 1.79 bits per heavy atom. The van der Waals surface area contributed by atoms with Crippen molar-refractivity contribution in [2.45, 2.75) is 19.8 Å². The van der Waals surface area contributed by atoms with Crippen LogP contribution in [0.5, 0.6) is 5.75 Å². The minimum absolute atomic E-state index is 0.244. The van der Waals surface area contributed by atoms with Crippen LogP contribution in [0, 0.1) is 0 Å². The number of rotatable bonds is 7. The molecule has 28 heavy (non-hydrogen) atoms. The first-order chi connectivity index (χ1) is 13.6. The number of nitrogens with zero attached hydrogens (tertiary/aromatic N) is 1. The van der Waals surface area contributed by atoms with E-state index in [4.69, 9.17) is 16.3 Å². The molecule has 2 amide bonds. The molecule has 0 aliphatic heterocycles. The Labute approximate surface area is 173 Å². The van der Waals surface area contributed by atoms with Crippen molar-refractivity contribution in [1.82, 2.24) is 10.3 Å². The number of amides is 2. The van der Waals surface area contributed by atoms with Gasteiger partial charge in [-0.3, -0.25) is 5.32 Å². The fraction of sp³-hybridized carbons (Fsp3) is 0.238. The lowest BCUT2D eigenvalue weighted by atomic mass is 10.1. The number of carbonyl (C=O) groups is 1. The van der Waals surface area contributed by atoms with Crippen molar-refractivity contribution in [2.75, 3.05) is 19.0 Å². The average molecular weight is 416 g/mol. The molecule has 0 radical (unpaired) electrons. The Bertz CT molecular complexity index is 924. The summed E-state index contributed by atoms with van der Waals surface area (Å²) >= 11 is 7.47. The molecule has 0 aliphatic carbocycles. The molecule has 0 bridgehead atoms. The van der Waals surface area contributed by atoms with E-state index in [1.54, 1.807) is 7.11 Å². The highest BCUT2D eigenvalue weighted by atomic mass is 35.5. The van der Waals surface area contributed by atoms with E-state index in [-0.39, 0.29) is 6.03 Å². The maximum atomic E-state index is 12.1. The highest BCUT2D eigenvalue weighted by molar-refractivity contribution is 7.19. The van der Waals surface area contributed by atoms with Gasteiger partial charge in [-0.2, -0.15) is 0 Å².